The predicted molar refractivity (Wildman–Crippen MR) is 83.3 cm³/mol. The van der Waals surface area contributed by atoms with Crippen molar-refractivity contribution in [2.75, 3.05) is 12.9 Å². The molecule has 1 saturated heterocycles. The van der Waals surface area contributed by atoms with Gasteiger partial charge in [-0.15, -0.1) is 0 Å². The topological polar surface area (TPSA) is 9.23 Å². The van der Waals surface area contributed by atoms with Gasteiger partial charge in [-0.05, 0) is 66.5 Å². The van der Waals surface area contributed by atoms with Gasteiger partial charge in [0.25, 0.3) is 0 Å². The number of methoxy groups -OCH3 is 1. The summed E-state index contributed by atoms with van der Waals surface area (Å²) < 4.78 is 5.37. The van der Waals surface area contributed by atoms with E-state index in [1.165, 1.54) is 37.9 Å². The van der Waals surface area contributed by atoms with Gasteiger partial charge in [0.15, 0.2) is 0 Å². The zero-order chi connectivity index (χ0) is 13.2. The Morgan fingerprint density at radius 2 is 2.21 bits per heavy atom. The highest BCUT2D eigenvalue weighted by Crippen LogP contribution is 2.49. The highest BCUT2D eigenvalue weighted by molar-refractivity contribution is 7.99. The third-order valence-corrected chi connectivity index (χ3v) is 6.31. The van der Waals surface area contributed by atoms with Gasteiger partial charge in [0.2, 0.25) is 0 Å². The van der Waals surface area contributed by atoms with Crippen LogP contribution in [0, 0.1) is 5.92 Å². The molecular formula is C17H24OS. The van der Waals surface area contributed by atoms with Crippen molar-refractivity contribution >= 4 is 11.8 Å². The number of aryl methyl sites for hydroxylation is 1. The van der Waals surface area contributed by atoms with E-state index in [2.05, 4.69) is 36.9 Å². The Morgan fingerprint density at radius 3 is 3.00 bits per heavy atom. The van der Waals surface area contributed by atoms with Crippen LogP contribution >= 0.6 is 11.8 Å². The molecule has 1 aliphatic carbocycles. The summed E-state index contributed by atoms with van der Waals surface area (Å²) in [4.78, 5) is 0. The quantitative estimate of drug-likeness (QED) is 0.795. The summed E-state index contributed by atoms with van der Waals surface area (Å²) in [6.07, 6.45) is 6.72. The highest BCUT2D eigenvalue weighted by Gasteiger charge is 2.37. The smallest absolute Gasteiger partial charge is 0.119 e. The lowest BCUT2D eigenvalue weighted by Crippen LogP contribution is -2.33. The van der Waals surface area contributed by atoms with Gasteiger partial charge in [-0.3, -0.25) is 0 Å². The molecule has 1 heterocycles. The van der Waals surface area contributed by atoms with Gasteiger partial charge in [0, 0.05) is 5.25 Å². The van der Waals surface area contributed by atoms with Crippen LogP contribution in [-0.2, 0) is 6.42 Å². The molecule has 104 valence electrons. The number of hydrogen-bond donors (Lipinski definition) is 0. The summed E-state index contributed by atoms with van der Waals surface area (Å²) in [7, 11) is 1.77. The first-order valence-corrected chi connectivity index (χ1v) is 8.66. The van der Waals surface area contributed by atoms with Crippen molar-refractivity contribution in [1.82, 2.24) is 0 Å². The summed E-state index contributed by atoms with van der Waals surface area (Å²) in [6, 6.07) is 6.75. The molecule has 19 heavy (non-hydrogen) atoms. The largest absolute Gasteiger partial charge is 0.497 e. The fourth-order valence-corrected chi connectivity index (χ4v) is 5.58. The first kappa shape index (κ1) is 13.4. The molecule has 1 aliphatic heterocycles. The minimum atomic E-state index is 0.812. The van der Waals surface area contributed by atoms with Gasteiger partial charge in [-0.25, -0.2) is 0 Å². The number of thioether (sulfide) groups is 1. The first-order valence-electron chi connectivity index (χ1n) is 7.62. The fourth-order valence-electron chi connectivity index (χ4n) is 3.91. The average molecular weight is 276 g/mol. The van der Waals surface area contributed by atoms with E-state index in [0.29, 0.717) is 0 Å². The van der Waals surface area contributed by atoms with E-state index < -0.39 is 0 Å². The number of ether oxygens (including phenoxy) is 1. The van der Waals surface area contributed by atoms with E-state index in [-0.39, 0.29) is 0 Å². The second-order valence-corrected chi connectivity index (χ2v) is 7.21. The van der Waals surface area contributed by atoms with E-state index in [4.69, 9.17) is 4.74 Å². The summed E-state index contributed by atoms with van der Waals surface area (Å²) in [6.45, 7) is 2.33. The Labute approximate surface area is 121 Å². The van der Waals surface area contributed by atoms with Crippen molar-refractivity contribution in [3.63, 3.8) is 0 Å². The third kappa shape index (κ3) is 2.52. The van der Waals surface area contributed by atoms with Crippen LogP contribution in [0.15, 0.2) is 18.2 Å². The minimum absolute atomic E-state index is 0.812. The second kappa shape index (κ2) is 5.78. The summed E-state index contributed by atoms with van der Waals surface area (Å²) in [5.41, 5.74) is 3.17. The average Bonchev–Trinajstić information content (AvgIpc) is 2.47. The van der Waals surface area contributed by atoms with Crippen molar-refractivity contribution < 1.29 is 4.74 Å². The molecule has 0 N–H and O–H groups in total. The monoisotopic (exact) mass is 276 g/mol. The van der Waals surface area contributed by atoms with Crippen molar-refractivity contribution in [3.05, 3.63) is 29.3 Å². The molecule has 0 unspecified atom stereocenters. The van der Waals surface area contributed by atoms with E-state index in [1.54, 1.807) is 18.2 Å². The maximum absolute atomic E-state index is 5.37. The van der Waals surface area contributed by atoms with Crippen LogP contribution < -0.4 is 4.74 Å². The van der Waals surface area contributed by atoms with Crippen molar-refractivity contribution in [3.8, 4) is 5.75 Å². The number of rotatable bonds is 3. The fraction of sp³-hybridized carbons (Fsp3) is 0.647. The molecule has 0 saturated carbocycles. The molecule has 0 bridgehead atoms. The molecule has 1 fully saturated rings. The molecule has 2 aliphatic rings. The number of fused-ring (bicyclic) bond motifs is 3. The molecule has 0 radical (unpaired) electrons. The maximum Gasteiger partial charge on any atom is 0.119 e. The van der Waals surface area contributed by atoms with E-state index in [1.807, 2.05) is 0 Å². The van der Waals surface area contributed by atoms with Gasteiger partial charge >= 0.3 is 0 Å². The van der Waals surface area contributed by atoms with Crippen LogP contribution in [-0.4, -0.2) is 18.1 Å². The van der Waals surface area contributed by atoms with Crippen LogP contribution in [0.1, 0.15) is 49.7 Å². The number of hydrogen-bond acceptors (Lipinski definition) is 2. The summed E-state index contributed by atoms with van der Waals surface area (Å²) >= 11 is 2.23. The highest BCUT2D eigenvalue weighted by atomic mass is 32.2. The predicted octanol–water partition coefficient (Wildman–Crippen LogP) is 4.65. The van der Waals surface area contributed by atoms with Gasteiger partial charge in [0.05, 0.1) is 7.11 Å². The zero-order valence-electron chi connectivity index (χ0n) is 12.0. The zero-order valence-corrected chi connectivity index (χ0v) is 12.8. The van der Waals surface area contributed by atoms with Crippen LogP contribution in [0.4, 0.5) is 0 Å². The van der Waals surface area contributed by atoms with E-state index >= 15 is 0 Å². The molecule has 1 nitrogen and oxygen atoms in total. The molecule has 1 aromatic carbocycles. The maximum atomic E-state index is 5.37. The molecule has 0 spiro atoms. The summed E-state index contributed by atoms with van der Waals surface area (Å²) in [5.74, 6) is 4.09. The lowest BCUT2D eigenvalue weighted by Gasteiger charge is -2.42. The van der Waals surface area contributed by atoms with E-state index in [0.717, 1.165) is 22.8 Å². The second-order valence-electron chi connectivity index (χ2n) is 5.86. The molecule has 1 aromatic rings. The molecular weight excluding hydrogens is 252 g/mol. The lowest BCUT2D eigenvalue weighted by atomic mass is 9.71. The van der Waals surface area contributed by atoms with Gasteiger partial charge in [0.1, 0.15) is 5.75 Å². The van der Waals surface area contributed by atoms with Crippen LogP contribution in [0.3, 0.4) is 0 Å². The molecule has 2 heteroatoms. The Bertz CT molecular complexity index is 441. The molecule has 3 atom stereocenters. The van der Waals surface area contributed by atoms with Gasteiger partial charge < -0.3 is 4.74 Å². The molecule has 3 rings (SSSR count). The van der Waals surface area contributed by atoms with Crippen molar-refractivity contribution in [2.24, 2.45) is 5.92 Å². The van der Waals surface area contributed by atoms with Crippen LogP contribution in [0.2, 0.25) is 0 Å². The Hall–Kier alpha value is -0.630. The van der Waals surface area contributed by atoms with Gasteiger partial charge in [-0.1, -0.05) is 19.4 Å². The Kier molecular flexibility index (Phi) is 4.07. The van der Waals surface area contributed by atoms with Crippen molar-refractivity contribution in [1.29, 1.82) is 0 Å². The van der Waals surface area contributed by atoms with Crippen molar-refractivity contribution in [2.45, 2.75) is 50.2 Å². The normalized spacial score (nSPS) is 29.5. The number of benzene rings is 1. The first-order chi connectivity index (χ1) is 9.33. The Balaban J connectivity index is 1.88. The minimum Gasteiger partial charge on any atom is -0.497 e. The Morgan fingerprint density at radius 1 is 1.32 bits per heavy atom. The van der Waals surface area contributed by atoms with Crippen LogP contribution in [0.5, 0.6) is 5.75 Å². The standard InChI is InChI=1S/C17H24OS/c1-3-4-17-16-7-5-12-11-13(18-2)6-8-14(12)15(16)9-10-19-17/h6,8,11,15-17H,3-5,7,9-10H2,1-2H3/t15-,16-,17+/m0/s1. The SMILES string of the molecule is CCC[C@H]1SCC[C@H]2c3ccc(OC)cc3CC[C@H]12. The molecule has 0 amide bonds. The lowest BCUT2D eigenvalue weighted by molar-refractivity contribution is 0.332. The third-order valence-electron chi connectivity index (χ3n) is 4.82. The molecule has 0 aromatic heterocycles. The van der Waals surface area contributed by atoms with E-state index in [9.17, 15) is 0 Å². The van der Waals surface area contributed by atoms with Crippen LogP contribution in [0.25, 0.3) is 0 Å². The van der Waals surface area contributed by atoms with Gasteiger partial charge in [-0.2, -0.15) is 11.8 Å². The summed E-state index contributed by atoms with van der Waals surface area (Å²) in [5, 5.41) is 0.902.